The Hall–Kier alpha value is -2.49. The molecule has 1 heterocycles. The van der Waals surface area contributed by atoms with Crippen LogP contribution >= 0.6 is 0 Å². The molecule has 0 aliphatic rings. The lowest BCUT2D eigenvalue weighted by Gasteiger charge is -2.36. The molecule has 0 bridgehead atoms. The summed E-state index contributed by atoms with van der Waals surface area (Å²) in [4.78, 5) is 39.6. The summed E-state index contributed by atoms with van der Waals surface area (Å²) in [5, 5.41) is 0.0823. The van der Waals surface area contributed by atoms with E-state index in [1.165, 1.54) is 11.5 Å². The zero-order chi connectivity index (χ0) is 24.8. The maximum Gasteiger partial charge on any atom is 0.330 e. The highest BCUT2D eigenvalue weighted by Gasteiger charge is 2.36. The number of H-pyrrole nitrogens is 1. The zero-order valence-corrected chi connectivity index (χ0v) is 21.7. The van der Waals surface area contributed by atoms with Gasteiger partial charge in [-0.15, -0.1) is 0 Å². The van der Waals surface area contributed by atoms with Crippen LogP contribution in [0, 0.1) is 0 Å². The molecule has 0 fully saturated rings. The summed E-state index contributed by atoms with van der Waals surface area (Å²) in [6, 6.07) is 9.03. The average Bonchev–Trinajstić information content (AvgIpc) is 2.72. The van der Waals surface area contributed by atoms with Gasteiger partial charge in [-0.05, 0) is 30.1 Å². The molecule has 182 valence electrons. The molecule has 1 aromatic carbocycles. The van der Waals surface area contributed by atoms with Gasteiger partial charge in [0, 0.05) is 12.5 Å². The molecule has 9 heteroatoms. The molecule has 1 aromatic heterocycles. The van der Waals surface area contributed by atoms with E-state index in [2.05, 4.69) is 38.8 Å². The fraction of sp³-hybridized carbons (Fsp3) is 0.542. The lowest BCUT2D eigenvalue weighted by atomic mass is 10.0. The molecule has 0 amide bonds. The van der Waals surface area contributed by atoms with E-state index >= 15 is 0 Å². The fourth-order valence-electron chi connectivity index (χ4n) is 3.20. The normalized spacial score (nSPS) is 13.1. The first-order valence-electron chi connectivity index (χ1n) is 11.2. The molecule has 8 nitrogen and oxygen atoms in total. The Balaban J connectivity index is 2.36. The molecule has 1 atom stereocenters. The third kappa shape index (κ3) is 6.75. The van der Waals surface area contributed by atoms with E-state index in [4.69, 9.17) is 13.9 Å². The molecule has 1 unspecified atom stereocenters. The number of hydrogen-bond acceptors (Lipinski definition) is 6. The quantitative estimate of drug-likeness (QED) is 0.319. The van der Waals surface area contributed by atoms with Crippen molar-refractivity contribution in [1.82, 2.24) is 9.55 Å². The number of aromatic nitrogens is 2. The number of hydrogen-bond donors (Lipinski definition) is 1. The lowest BCUT2D eigenvalue weighted by molar-refractivity contribution is -0.145. The van der Waals surface area contributed by atoms with Crippen LogP contribution in [0.3, 0.4) is 0 Å². The molecule has 0 saturated carbocycles. The van der Waals surface area contributed by atoms with Crippen molar-refractivity contribution in [2.75, 3.05) is 13.2 Å². The number of nitrogens with zero attached hydrogens (tertiary/aromatic N) is 1. The summed E-state index contributed by atoms with van der Waals surface area (Å²) >= 11 is 0. The first kappa shape index (κ1) is 26.8. The lowest BCUT2D eigenvalue weighted by Crippen LogP contribution is -2.41. The minimum absolute atomic E-state index is 0.0823. The SMILES string of the molecule is CCc1c(C(OC(C)=O)c2ccccc2)n(COCCO[Si](C)(C)C(C)(C)C)c(=O)[nH]c1=O. The first-order valence-corrected chi connectivity index (χ1v) is 14.1. The van der Waals surface area contributed by atoms with Crippen LogP contribution in [0.5, 0.6) is 0 Å². The summed E-state index contributed by atoms with van der Waals surface area (Å²) in [5.74, 6) is -0.520. The molecule has 0 radical (unpaired) electrons. The Bertz CT molecular complexity index is 1050. The number of benzene rings is 1. The van der Waals surface area contributed by atoms with Crippen molar-refractivity contribution in [3.63, 3.8) is 0 Å². The smallest absolute Gasteiger partial charge is 0.330 e. The standard InChI is InChI=1S/C24H36N2O6Si/c1-8-19-20(21(32-17(2)27)18-12-10-9-11-13-18)26(23(29)25-22(19)28)16-30-14-15-31-33(6,7)24(3,4)5/h9-13,21H,8,14-16H2,1-7H3,(H,25,28,29). The van der Waals surface area contributed by atoms with Gasteiger partial charge in [0.15, 0.2) is 14.4 Å². The summed E-state index contributed by atoms with van der Waals surface area (Å²) in [6.07, 6.45) is -0.565. The molecular formula is C24H36N2O6Si. The monoisotopic (exact) mass is 476 g/mol. The van der Waals surface area contributed by atoms with Gasteiger partial charge in [0.1, 0.15) is 6.73 Å². The van der Waals surface area contributed by atoms with Crippen molar-refractivity contribution < 1.29 is 18.7 Å². The van der Waals surface area contributed by atoms with Gasteiger partial charge in [-0.25, -0.2) is 4.79 Å². The van der Waals surface area contributed by atoms with Crippen molar-refractivity contribution in [2.45, 2.75) is 72.0 Å². The largest absolute Gasteiger partial charge is 0.451 e. The van der Waals surface area contributed by atoms with Gasteiger partial charge >= 0.3 is 11.7 Å². The van der Waals surface area contributed by atoms with E-state index in [0.29, 0.717) is 29.8 Å². The van der Waals surface area contributed by atoms with E-state index in [-0.39, 0.29) is 18.4 Å². The van der Waals surface area contributed by atoms with Crippen LogP contribution in [0.2, 0.25) is 18.1 Å². The van der Waals surface area contributed by atoms with Crippen LogP contribution in [0.25, 0.3) is 0 Å². The fourth-order valence-corrected chi connectivity index (χ4v) is 4.23. The number of carbonyl (C=O) groups is 1. The molecule has 1 N–H and O–H groups in total. The minimum atomic E-state index is -1.91. The van der Waals surface area contributed by atoms with E-state index in [0.717, 1.165) is 0 Å². The number of esters is 1. The second kappa shape index (κ2) is 11.1. The summed E-state index contributed by atoms with van der Waals surface area (Å²) in [6.45, 7) is 14.5. The van der Waals surface area contributed by atoms with Crippen LogP contribution in [0.4, 0.5) is 0 Å². The maximum atomic E-state index is 12.8. The van der Waals surface area contributed by atoms with Crippen molar-refractivity contribution >= 4 is 14.3 Å². The Morgan fingerprint density at radius 2 is 1.76 bits per heavy atom. The van der Waals surface area contributed by atoms with Gasteiger partial charge in [-0.3, -0.25) is 19.1 Å². The molecule has 0 spiro atoms. The Morgan fingerprint density at radius 3 is 2.30 bits per heavy atom. The van der Waals surface area contributed by atoms with E-state index in [1.54, 1.807) is 12.1 Å². The van der Waals surface area contributed by atoms with Crippen LogP contribution < -0.4 is 11.2 Å². The van der Waals surface area contributed by atoms with Gasteiger partial charge in [-0.2, -0.15) is 0 Å². The highest BCUT2D eigenvalue weighted by molar-refractivity contribution is 6.74. The number of ether oxygens (including phenoxy) is 2. The average molecular weight is 477 g/mol. The second-order valence-electron chi connectivity index (χ2n) is 9.45. The third-order valence-corrected chi connectivity index (χ3v) is 10.6. The summed E-state index contributed by atoms with van der Waals surface area (Å²) in [7, 11) is -1.91. The minimum Gasteiger partial charge on any atom is -0.451 e. The number of nitrogens with one attached hydrogen (secondary N) is 1. The van der Waals surface area contributed by atoms with Crippen molar-refractivity contribution in [1.29, 1.82) is 0 Å². The predicted molar refractivity (Wildman–Crippen MR) is 130 cm³/mol. The Kier molecular flexibility index (Phi) is 8.99. The van der Waals surface area contributed by atoms with Crippen LogP contribution in [-0.2, 0) is 31.8 Å². The molecule has 0 saturated heterocycles. The van der Waals surface area contributed by atoms with Gasteiger partial charge in [0.05, 0.1) is 18.9 Å². The van der Waals surface area contributed by atoms with Crippen molar-refractivity contribution in [3.8, 4) is 0 Å². The predicted octanol–water partition coefficient (Wildman–Crippen LogP) is 3.75. The van der Waals surface area contributed by atoms with Crippen molar-refractivity contribution in [3.05, 3.63) is 68.0 Å². The van der Waals surface area contributed by atoms with Gasteiger partial charge in [0.25, 0.3) is 5.56 Å². The van der Waals surface area contributed by atoms with E-state index in [9.17, 15) is 14.4 Å². The molecule has 33 heavy (non-hydrogen) atoms. The van der Waals surface area contributed by atoms with Crippen LogP contribution in [0.15, 0.2) is 39.9 Å². The second-order valence-corrected chi connectivity index (χ2v) is 14.3. The number of carbonyl (C=O) groups excluding carboxylic acids is 1. The zero-order valence-electron chi connectivity index (χ0n) is 20.7. The molecule has 2 rings (SSSR count). The molecule has 0 aliphatic carbocycles. The Morgan fingerprint density at radius 1 is 1.12 bits per heavy atom. The molecular weight excluding hydrogens is 440 g/mol. The summed E-state index contributed by atoms with van der Waals surface area (Å²) in [5.41, 5.74) is 0.222. The molecule has 2 aromatic rings. The highest BCUT2D eigenvalue weighted by atomic mass is 28.4. The highest BCUT2D eigenvalue weighted by Crippen LogP contribution is 2.36. The Labute approximate surface area is 196 Å². The summed E-state index contributed by atoms with van der Waals surface area (Å²) < 4.78 is 18.8. The number of aromatic amines is 1. The first-order chi connectivity index (χ1) is 15.4. The van der Waals surface area contributed by atoms with Crippen LogP contribution in [0.1, 0.15) is 57.5 Å². The number of rotatable bonds is 10. The van der Waals surface area contributed by atoms with Crippen molar-refractivity contribution in [2.24, 2.45) is 0 Å². The molecule has 0 aliphatic heterocycles. The third-order valence-electron chi connectivity index (χ3n) is 6.04. The van der Waals surface area contributed by atoms with Gasteiger partial charge in [0.2, 0.25) is 0 Å². The van der Waals surface area contributed by atoms with Crippen LogP contribution in [-0.4, -0.2) is 37.1 Å². The van der Waals surface area contributed by atoms with Gasteiger partial charge < -0.3 is 13.9 Å². The van der Waals surface area contributed by atoms with Gasteiger partial charge in [-0.1, -0.05) is 58.0 Å². The van der Waals surface area contributed by atoms with E-state index in [1.807, 2.05) is 25.1 Å². The van der Waals surface area contributed by atoms with E-state index < -0.39 is 31.6 Å². The topological polar surface area (TPSA) is 99.6 Å². The maximum absolute atomic E-state index is 12.8.